The lowest BCUT2D eigenvalue weighted by Gasteiger charge is -2.08. The summed E-state index contributed by atoms with van der Waals surface area (Å²) in [5.74, 6) is 0.666. The van der Waals surface area contributed by atoms with Crippen LogP contribution in [0.25, 0.3) is 17.0 Å². The van der Waals surface area contributed by atoms with E-state index in [2.05, 4.69) is 20.6 Å². The van der Waals surface area contributed by atoms with Gasteiger partial charge in [0.05, 0.1) is 12.2 Å². The van der Waals surface area contributed by atoms with Gasteiger partial charge in [-0.3, -0.25) is 0 Å². The number of nitrogens with one attached hydrogen (secondary N) is 1. The highest BCUT2D eigenvalue weighted by atomic mass is 19.1. The monoisotopic (exact) mass is 363 g/mol. The van der Waals surface area contributed by atoms with Gasteiger partial charge in [0.2, 0.25) is 0 Å². The lowest BCUT2D eigenvalue weighted by molar-refractivity contribution is 0.185. The van der Waals surface area contributed by atoms with Gasteiger partial charge in [-0.2, -0.15) is 4.52 Å². The van der Waals surface area contributed by atoms with E-state index in [4.69, 9.17) is 4.74 Å². The van der Waals surface area contributed by atoms with Crippen molar-refractivity contribution in [1.29, 1.82) is 0 Å². The highest BCUT2D eigenvalue weighted by Gasteiger charge is 2.13. The van der Waals surface area contributed by atoms with Crippen LogP contribution >= 0.6 is 0 Å². The molecule has 2 heterocycles. The number of methoxy groups -OCH3 is 1. The molecule has 4 rings (SSSR count). The molecule has 1 N–H and O–H groups in total. The minimum Gasteiger partial charge on any atom is -0.380 e. The SMILES string of the molecule is COCc1ccc(CNc2ccc3nnc(-c4ccccc4F)n3n2)cc1. The van der Waals surface area contributed by atoms with E-state index in [1.807, 2.05) is 30.3 Å². The molecule has 0 radical (unpaired) electrons. The Morgan fingerprint density at radius 2 is 1.74 bits per heavy atom. The van der Waals surface area contributed by atoms with Crippen LogP contribution in [0.4, 0.5) is 10.2 Å². The molecular weight excluding hydrogens is 345 g/mol. The van der Waals surface area contributed by atoms with Crippen LogP contribution in [-0.4, -0.2) is 26.9 Å². The van der Waals surface area contributed by atoms with E-state index in [-0.39, 0.29) is 5.82 Å². The summed E-state index contributed by atoms with van der Waals surface area (Å²) in [6, 6.07) is 18.2. The third-order valence-corrected chi connectivity index (χ3v) is 4.19. The van der Waals surface area contributed by atoms with Crippen LogP contribution < -0.4 is 5.32 Å². The summed E-state index contributed by atoms with van der Waals surface area (Å²) in [6.07, 6.45) is 0. The molecule has 0 atom stereocenters. The van der Waals surface area contributed by atoms with E-state index >= 15 is 0 Å². The zero-order valence-corrected chi connectivity index (χ0v) is 14.8. The van der Waals surface area contributed by atoms with Crippen molar-refractivity contribution in [3.8, 4) is 11.4 Å². The van der Waals surface area contributed by atoms with Crippen molar-refractivity contribution in [2.45, 2.75) is 13.2 Å². The minimum absolute atomic E-state index is 0.358. The van der Waals surface area contributed by atoms with Gasteiger partial charge in [-0.05, 0) is 35.4 Å². The van der Waals surface area contributed by atoms with E-state index in [9.17, 15) is 4.39 Å². The summed E-state index contributed by atoms with van der Waals surface area (Å²) in [4.78, 5) is 0. The lowest BCUT2D eigenvalue weighted by atomic mass is 10.1. The number of benzene rings is 2. The molecule has 2 aromatic carbocycles. The van der Waals surface area contributed by atoms with Crippen LogP contribution in [0.3, 0.4) is 0 Å². The third kappa shape index (κ3) is 3.63. The number of hydrogen-bond donors (Lipinski definition) is 1. The Bertz CT molecular complexity index is 1060. The third-order valence-electron chi connectivity index (χ3n) is 4.19. The number of ether oxygens (including phenoxy) is 1. The smallest absolute Gasteiger partial charge is 0.188 e. The summed E-state index contributed by atoms with van der Waals surface area (Å²) in [7, 11) is 1.68. The number of hydrogen-bond acceptors (Lipinski definition) is 5. The maximum absolute atomic E-state index is 14.1. The van der Waals surface area contributed by atoms with Crippen molar-refractivity contribution in [2.24, 2.45) is 0 Å². The first-order valence-corrected chi connectivity index (χ1v) is 8.52. The van der Waals surface area contributed by atoms with Crippen LogP contribution in [-0.2, 0) is 17.9 Å². The number of nitrogens with zero attached hydrogens (tertiary/aromatic N) is 4. The second kappa shape index (κ2) is 7.51. The molecular formula is C20H18FN5O. The van der Waals surface area contributed by atoms with Crippen molar-refractivity contribution in [2.75, 3.05) is 12.4 Å². The maximum Gasteiger partial charge on any atom is 0.188 e. The van der Waals surface area contributed by atoms with Gasteiger partial charge in [-0.1, -0.05) is 36.4 Å². The Morgan fingerprint density at radius 3 is 2.52 bits per heavy atom. The summed E-state index contributed by atoms with van der Waals surface area (Å²) in [6.45, 7) is 1.21. The molecule has 27 heavy (non-hydrogen) atoms. The standard InChI is InChI=1S/C20H18FN5O/c1-27-13-15-8-6-14(7-9-15)12-22-18-10-11-19-23-24-20(26(19)25-18)16-4-2-3-5-17(16)21/h2-11H,12-13H2,1H3,(H,22,25). The first-order valence-electron chi connectivity index (χ1n) is 8.52. The first-order chi connectivity index (χ1) is 13.2. The lowest BCUT2D eigenvalue weighted by Crippen LogP contribution is -2.05. The van der Waals surface area contributed by atoms with Crippen molar-refractivity contribution >= 4 is 11.5 Å². The molecule has 0 saturated carbocycles. The van der Waals surface area contributed by atoms with Crippen LogP contribution in [0.15, 0.2) is 60.7 Å². The molecule has 6 nitrogen and oxygen atoms in total. The number of halogens is 1. The zero-order chi connectivity index (χ0) is 18.6. The van der Waals surface area contributed by atoms with Gasteiger partial charge < -0.3 is 10.1 Å². The van der Waals surface area contributed by atoms with Crippen LogP contribution in [0.1, 0.15) is 11.1 Å². The Balaban J connectivity index is 1.56. The molecule has 0 aliphatic carbocycles. The molecule has 0 fully saturated rings. The van der Waals surface area contributed by atoms with Gasteiger partial charge in [-0.15, -0.1) is 15.3 Å². The molecule has 4 aromatic rings. The number of anilines is 1. The average molecular weight is 363 g/mol. The van der Waals surface area contributed by atoms with E-state index in [0.717, 1.165) is 11.1 Å². The van der Waals surface area contributed by atoms with Crippen molar-refractivity contribution in [3.05, 3.63) is 77.6 Å². The van der Waals surface area contributed by atoms with E-state index in [1.54, 1.807) is 35.9 Å². The van der Waals surface area contributed by atoms with E-state index in [0.29, 0.717) is 36.0 Å². The van der Waals surface area contributed by atoms with Crippen molar-refractivity contribution in [3.63, 3.8) is 0 Å². The molecule has 0 aliphatic rings. The second-order valence-corrected chi connectivity index (χ2v) is 6.10. The van der Waals surface area contributed by atoms with Crippen molar-refractivity contribution < 1.29 is 9.13 Å². The quantitative estimate of drug-likeness (QED) is 0.566. The molecule has 7 heteroatoms. The highest BCUT2D eigenvalue weighted by molar-refractivity contribution is 5.60. The second-order valence-electron chi connectivity index (χ2n) is 6.10. The molecule has 0 amide bonds. The molecule has 0 unspecified atom stereocenters. The highest BCUT2D eigenvalue weighted by Crippen LogP contribution is 2.21. The number of aromatic nitrogens is 4. The minimum atomic E-state index is -0.358. The van der Waals surface area contributed by atoms with Crippen LogP contribution in [0, 0.1) is 5.82 Å². The summed E-state index contributed by atoms with van der Waals surface area (Å²) in [5.41, 5.74) is 3.17. The molecule has 136 valence electrons. The Hall–Kier alpha value is -3.32. The summed E-state index contributed by atoms with van der Waals surface area (Å²) >= 11 is 0. The Morgan fingerprint density at radius 1 is 0.963 bits per heavy atom. The van der Waals surface area contributed by atoms with Crippen LogP contribution in [0.2, 0.25) is 0 Å². The molecule has 0 saturated heterocycles. The summed E-state index contributed by atoms with van der Waals surface area (Å²) < 4.78 is 20.8. The predicted octanol–water partition coefficient (Wildman–Crippen LogP) is 3.69. The van der Waals surface area contributed by atoms with E-state index < -0.39 is 0 Å². The number of rotatable bonds is 6. The van der Waals surface area contributed by atoms with Gasteiger partial charge in [0.15, 0.2) is 11.5 Å². The van der Waals surface area contributed by atoms with Gasteiger partial charge in [0, 0.05) is 13.7 Å². The molecule has 0 aliphatic heterocycles. The fourth-order valence-corrected chi connectivity index (χ4v) is 2.81. The Labute approximate surface area is 155 Å². The molecule has 0 bridgehead atoms. The largest absolute Gasteiger partial charge is 0.380 e. The van der Waals surface area contributed by atoms with Gasteiger partial charge in [0.1, 0.15) is 11.6 Å². The maximum atomic E-state index is 14.1. The average Bonchev–Trinajstić information content (AvgIpc) is 3.11. The van der Waals surface area contributed by atoms with Crippen LogP contribution in [0.5, 0.6) is 0 Å². The fourth-order valence-electron chi connectivity index (χ4n) is 2.81. The molecule has 0 spiro atoms. The molecule has 2 aromatic heterocycles. The summed E-state index contributed by atoms with van der Waals surface area (Å²) in [5, 5.41) is 15.9. The van der Waals surface area contributed by atoms with Gasteiger partial charge >= 0.3 is 0 Å². The van der Waals surface area contributed by atoms with Gasteiger partial charge in [-0.25, -0.2) is 4.39 Å². The zero-order valence-electron chi connectivity index (χ0n) is 14.8. The topological polar surface area (TPSA) is 64.3 Å². The first kappa shape index (κ1) is 17.1. The van der Waals surface area contributed by atoms with Crippen molar-refractivity contribution in [1.82, 2.24) is 19.8 Å². The van der Waals surface area contributed by atoms with E-state index in [1.165, 1.54) is 6.07 Å². The Kier molecular flexibility index (Phi) is 4.76. The van der Waals surface area contributed by atoms with Gasteiger partial charge in [0.25, 0.3) is 0 Å². The predicted molar refractivity (Wildman–Crippen MR) is 101 cm³/mol. The number of fused-ring (bicyclic) bond motifs is 1. The fraction of sp³-hybridized carbons (Fsp3) is 0.150. The normalized spacial score (nSPS) is 11.0.